The smallest absolute Gasteiger partial charge is 0.395 e. The topological polar surface area (TPSA) is 76.6 Å². The summed E-state index contributed by atoms with van der Waals surface area (Å²) in [5, 5.41) is 2.49. The quantitative estimate of drug-likeness (QED) is 0.758. The summed E-state index contributed by atoms with van der Waals surface area (Å²) < 4.78 is 21.9. The van der Waals surface area contributed by atoms with Crippen LogP contribution in [0.1, 0.15) is 13.8 Å². The fraction of sp³-hybridized carbons (Fsp3) is 0.600. The molecule has 0 bridgehead atoms. The van der Waals surface area contributed by atoms with Gasteiger partial charge in [-0.2, -0.15) is 4.98 Å². The maximum Gasteiger partial charge on any atom is 0.459 e. The van der Waals surface area contributed by atoms with Crippen LogP contribution in [0.25, 0.3) is 0 Å². The van der Waals surface area contributed by atoms with Gasteiger partial charge < -0.3 is 9.42 Å². The van der Waals surface area contributed by atoms with Gasteiger partial charge in [-0.3, -0.25) is 4.52 Å². The van der Waals surface area contributed by atoms with Crippen LogP contribution in [0.5, 0.6) is 5.88 Å². The van der Waals surface area contributed by atoms with Crippen LogP contribution in [0.2, 0.25) is 0 Å². The summed E-state index contributed by atoms with van der Waals surface area (Å²) in [6.07, 6.45) is 1.56. The van der Waals surface area contributed by atoms with Gasteiger partial charge >= 0.3 is 7.75 Å². The van der Waals surface area contributed by atoms with Crippen molar-refractivity contribution in [2.75, 3.05) is 32.1 Å². The Labute approximate surface area is 107 Å². The van der Waals surface area contributed by atoms with E-state index in [2.05, 4.69) is 15.1 Å². The molecule has 1 atom stereocenters. The fourth-order valence-corrected chi connectivity index (χ4v) is 2.04. The monoisotopic (exact) mass is 274 g/mol. The van der Waals surface area contributed by atoms with Gasteiger partial charge in [-0.1, -0.05) is 0 Å². The van der Waals surface area contributed by atoms with Crippen molar-refractivity contribution in [3.05, 3.63) is 12.3 Å². The lowest BCUT2D eigenvalue weighted by atomic mass is 10.5. The summed E-state index contributed by atoms with van der Waals surface area (Å²) in [5.74, 6) is 0.752. The number of rotatable bonds is 7. The van der Waals surface area contributed by atoms with Crippen molar-refractivity contribution in [3.63, 3.8) is 0 Å². The van der Waals surface area contributed by atoms with Crippen molar-refractivity contribution >= 4 is 13.7 Å². The van der Waals surface area contributed by atoms with Gasteiger partial charge in [0, 0.05) is 32.5 Å². The molecule has 1 N–H and O–H groups in total. The van der Waals surface area contributed by atoms with Gasteiger partial charge in [-0.05, 0) is 20.9 Å². The second-order valence-corrected chi connectivity index (χ2v) is 5.35. The largest absolute Gasteiger partial charge is 0.459 e. The summed E-state index contributed by atoms with van der Waals surface area (Å²) in [6.45, 7) is 5.59. The van der Waals surface area contributed by atoms with Crippen LogP contribution in [0.3, 0.4) is 0 Å². The van der Waals surface area contributed by atoms with Crippen LogP contribution < -0.4 is 14.5 Å². The molecule has 8 heteroatoms. The zero-order valence-electron chi connectivity index (χ0n) is 11.1. The number of hydrogen-bond acceptors (Lipinski definition) is 6. The van der Waals surface area contributed by atoms with E-state index in [4.69, 9.17) is 9.05 Å². The molecule has 0 aliphatic rings. The Hall–Kier alpha value is -1.17. The number of nitrogens with zero attached hydrogens (tertiary/aromatic N) is 3. The van der Waals surface area contributed by atoms with Gasteiger partial charge in [0.2, 0.25) is 11.8 Å². The zero-order chi connectivity index (χ0) is 13.6. The molecule has 1 heterocycles. The standard InChI is InChI=1S/C10H19N4O3P/c1-5-14(6-2)10-12-8-7-9(13-10)17-18(15,11-3)16-4/h7-8H,5-6H2,1-4H3,(H,11,15). The number of hydrogen-bond donors (Lipinski definition) is 1. The third-order valence-electron chi connectivity index (χ3n) is 2.39. The van der Waals surface area contributed by atoms with E-state index in [1.54, 1.807) is 6.20 Å². The number of nitrogens with one attached hydrogen (secondary N) is 1. The van der Waals surface area contributed by atoms with E-state index < -0.39 is 7.75 Å². The molecule has 0 spiro atoms. The molecule has 0 aliphatic carbocycles. The van der Waals surface area contributed by atoms with Crippen molar-refractivity contribution in [1.82, 2.24) is 15.1 Å². The lowest BCUT2D eigenvalue weighted by molar-refractivity contribution is 0.309. The van der Waals surface area contributed by atoms with E-state index in [-0.39, 0.29) is 5.88 Å². The van der Waals surface area contributed by atoms with Crippen LogP contribution in [-0.2, 0) is 9.09 Å². The SMILES string of the molecule is CCN(CC)c1nccc(OP(=O)(NC)OC)n1. The van der Waals surface area contributed by atoms with Crippen molar-refractivity contribution in [1.29, 1.82) is 0 Å². The number of aromatic nitrogens is 2. The highest BCUT2D eigenvalue weighted by Gasteiger charge is 2.23. The molecular weight excluding hydrogens is 255 g/mol. The third-order valence-corrected chi connectivity index (χ3v) is 3.85. The zero-order valence-corrected chi connectivity index (χ0v) is 12.0. The second kappa shape index (κ2) is 6.68. The summed E-state index contributed by atoms with van der Waals surface area (Å²) in [6, 6.07) is 1.54. The first kappa shape index (κ1) is 14.9. The molecule has 0 saturated carbocycles. The highest BCUT2D eigenvalue weighted by atomic mass is 31.2. The minimum Gasteiger partial charge on any atom is -0.395 e. The molecule has 0 amide bonds. The van der Waals surface area contributed by atoms with E-state index in [0.29, 0.717) is 5.95 Å². The lowest BCUT2D eigenvalue weighted by Crippen LogP contribution is -2.24. The van der Waals surface area contributed by atoms with Gasteiger partial charge in [0.25, 0.3) is 0 Å². The first-order chi connectivity index (χ1) is 8.58. The van der Waals surface area contributed by atoms with E-state index in [1.165, 1.54) is 20.2 Å². The van der Waals surface area contributed by atoms with E-state index in [9.17, 15) is 4.57 Å². The molecule has 7 nitrogen and oxygen atoms in total. The maximum absolute atomic E-state index is 11.9. The van der Waals surface area contributed by atoms with Crippen molar-refractivity contribution in [2.24, 2.45) is 0 Å². The highest BCUT2D eigenvalue weighted by molar-refractivity contribution is 7.52. The normalized spacial score (nSPS) is 14.0. The Kier molecular flexibility index (Phi) is 5.53. The van der Waals surface area contributed by atoms with Crippen LogP contribution in [0.15, 0.2) is 12.3 Å². The Morgan fingerprint density at radius 1 is 1.44 bits per heavy atom. The van der Waals surface area contributed by atoms with E-state index >= 15 is 0 Å². The molecule has 0 radical (unpaired) electrons. The predicted molar refractivity (Wildman–Crippen MR) is 69.9 cm³/mol. The maximum atomic E-state index is 11.9. The van der Waals surface area contributed by atoms with E-state index in [1.807, 2.05) is 18.7 Å². The molecule has 0 fully saturated rings. The molecule has 102 valence electrons. The Bertz CT molecular complexity index is 417. The van der Waals surface area contributed by atoms with Crippen LogP contribution in [-0.4, -0.2) is 37.2 Å². The fourth-order valence-electron chi connectivity index (χ4n) is 1.34. The Morgan fingerprint density at radius 2 is 2.11 bits per heavy atom. The number of anilines is 1. The van der Waals surface area contributed by atoms with Crippen LogP contribution >= 0.6 is 7.75 Å². The molecule has 1 unspecified atom stereocenters. The minimum atomic E-state index is -3.33. The first-order valence-corrected chi connectivity index (χ1v) is 7.25. The molecule has 1 aromatic heterocycles. The average molecular weight is 274 g/mol. The molecule has 1 aromatic rings. The third kappa shape index (κ3) is 3.66. The van der Waals surface area contributed by atoms with E-state index in [0.717, 1.165) is 13.1 Å². The second-order valence-electron chi connectivity index (χ2n) is 3.36. The molecule has 0 aliphatic heterocycles. The summed E-state index contributed by atoms with van der Waals surface area (Å²) in [5.41, 5.74) is 0. The van der Waals surface area contributed by atoms with Gasteiger partial charge in [-0.25, -0.2) is 14.6 Å². The molecular formula is C10H19N4O3P. The highest BCUT2D eigenvalue weighted by Crippen LogP contribution is 2.41. The minimum absolute atomic E-state index is 0.214. The van der Waals surface area contributed by atoms with Crippen molar-refractivity contribution in [3.8, 4) is 5.88 Å². The van der Waals surface area contributed by atoms with Crippen molar-refractivity contribution in [2.45, 2.75) is 13.8 Å². The van der Waals surface area contributed by atoms with Crippen molar-refractivity contribution < 1.29 is 13.6 Å². The van der Waals surface area contributed by atoms with Crippen LogP contribution in [0.4, 0.5) is 5.95 Å². The molecule has 0 aromatic carbocycles. The van der Waals surface area contributed by atoms with Crippen LogP contribution in [0, 0.1) is 0 Å². The Morgan fingerprint density at radius 3 is 2.61 bits per heavy atom. The van der Waals surface area contributed by atoms with Gasteiger partial charge in [0.1, 0.15) is 0 Å². The summed E-state index contributed by atoms with van der Waals surface area (Å²) in [4.78, 5) is 10.3. The average Bonchev–Trinajstić information content (AvgIpc) is 2.40. The van der Waals surface area contributed by atoms with Gasteiger partial charge in [0.05, 0.1) is 0 Å². The molecule has 1 rings (SSSR count). The van der Waals surface area contributed by atoms with Gasteiger partial charge in [-0.15, -0.1) is 0 Å². The van der Waals surface area contributed by atoms with Gasteiger partial charge in [0.15, 0.2) is 0 Å². The molecule has 18 heavy (non-hydrogen) atoms. The molecule has 0 saturated heterocycles. The lowest BCUT2D eigenvalue weighted by Gasteiger charge is -2.19. The Balaban J connectivity index is 2.92. The summed E-state index contributed by atoms with van der Waals surface area (Å²) in [7, 11) is -0.523. The first-order valence-electron chi connectivity index (χ1n) is 5.71. The predicted octanol–water partition coefficient (Wildman–Crippen LogP) is 1.68. The summed E-state index contributed by atoms with van der Waals surface area (Å²) >= 11 is 0.